The van der Waals surface area contributed by atoms with Crippen LogP contribution in [-0.2, 0) is 16.1 Å². The molecule has 0 saturated carbocycles. The quantitative estimate of drug-likeness (QED) is 0.321. The normalized spacial score (nSPS) is 12.8. The summed E-state index contributed by atoms with van der Waals surface area (Å²) in [4.78, 5) is 12.5. The van der Waals surface area contributed by atoms with Crippen molar-refractivity contribution in [1.82, 2.24) is 0 Å². The van der Waals surface area contributed by atoms with Crippen LogP contribution in [0, 0.1) is 19.8 Å². The number of ether oxygens (including phenoxy) is 2. The summed E-state index contributed by atoms with van der Waals surface area (Å²) in [5.74, 6) is -1.48. The topological polar surface area (TPSA) is 55.8 Å². The third-order valence-corrected chi connectivity index (χ3v) is 6.54. The number of hydrogen-bond donors (Lipinski definition) is 1. The third kappa shape index (κ3) is 5.67. The van der Waals surface area contributed by atoms with Crippen LogP contribution >= 0.6 is 11.3 Å². The van der Waals surface area contributed by atoms with Crippen molar-refractivity contribution in [1.29, 1.82) is 0 Å². The molecule has 32 heavy (non-hydrogen) atoms. The summed E-state index contributed by atoms with van der Waals surface area (Å²) in [5.41, 5.74) is 6.02. The van der Waals surface area contributed by atoms with Crippen LogP contribution in [0.1, 0.15) is 41.0 Å². The molecule has 0 saturated heterocycles. The maximum atomic E-state index is 11.7. The van der Waals surface area contributed by atoms with Crippen molar-refractivity contribution in [3.63, 3.8) is 0 Å². The van der Waals surface area contributed by atoms with E-state index in [1.54, 1.807) is 6.08 Å². The summed E-state index contributed by atoms with van der Waals surface area (Å²) in [7, 11) is 0. The van der Waals surface area contributed by atoms with Crippen molar-refractivity contribution < 1.29 is 19.4 Å². The summed E-state index contributed by atoms with van der Waals surface area (Å²) in [5, 5.41) is 10.3. The molecule has 2 atom stereocenters. The van der Waals surface area contributed by atoms with Gasteiger partial charge in [-0.2, -0.15) is 0 Å². The van der Waals surface area contributed by atoms with Crippen LogP contribution in [0.5, 0.6) is 5.06 Å². The van der Waals surface area contributed by atoms with Crippen molar-refractivity contribution >= 4 is 17.3 Å². The summed E-state index contributed by atoms with van der Waals surface area (Å²) >= 11 is 1.43. The third-order valence-electron chi connectivity index (χ3n) is 5.48. The first-order valence-corrected chi connectivity index (χ1v) is 11.6. The second-order valence-electron chi connectivity index (χ2n) is 7.81. The lowest BCUT2D eigenvalue weighted by Gasteiger charge is -2.21. The van der Waals surface area contributed by atoms with Crippen LogP contribution in [-0.4, -0.2) is 17.7 Å². The number of aliphatic carboxylic acids is 1. The Morgan fingerprint density at radius 3 is 2.50 bits per heavy atom. The molecule has 5 heteroatoms. The molecule has 1 heterocycles. The summed E-state index contributed by atoms with van der Waals surface area (Å²) < 4.78 is 11.9. The van der Waals surface area contributed by atoms with Crippen LogP contribution in [0.15, 0.2) is 67.3 Å². The van der Waals surface area contributed by atoms with Gasteiger partial charge in [-0.15, -0.1) is 17.9 Å². The minimum atomic E-state index is -0.860. The lowest BCUT2D eigenvalue weighted by atomic mass is 9.95. The highest BCUT2D eigenvalue weighted by Gasteiger charge is 2.30. The van der Waals surface area contributed by atoms with E-state index in [-0.39, 0.29) is 0 Å². The van der Waals surface area contributed by atoms with Crippen molar-refractivity contribution in [3.05, 3.63) is 88.8 Å². The van der Waals surface area contributed by atoms with Gasteiger partial charge in [-0.3, -0.25) is 4.79 Å². The summed E-state index contributed by atoms with van der Waals surface area (Å²) in [6.07, 6.45) is 1.59. The van der Waals surface area contributed by atoms with E-state index in [4.69, 9.17) is 9.47 Å². The fourth-order valence-corrected chi connectivity index (χ4v) is 4.86. The molecule has 168 valence electrons. The van der Waals surface area contributed by atoms with Gasteiger partial charge < -0.3 is 14.6 Å². The van der Waals surface area contributed by atoms with Gasteiger partial charge in [0.15, 0.2) is 5.06 Å². The van der Waals surface area contributed by atoms with Gasteiger partial charge in [0.25, 0.3) is 0 Å². The van der Waals surface area contributed by atoms with Crippen molar-refractivity contribution in [2.24, 2.45) is 5.92 Å². The minimum Gasteiger partial charge on any atom is -0.481 e. The van der Waals surface area contributed by atoms with E-state index in [2.05, 4.69) is 62.9 Å². The summed E-state index contributed by atoms with van der Waals surface area (Å²) in [6.45, 7) is 10.5. The van der Waals surface area contributed by atoms with Gasteiger partial charge in [0, 0.05) is 4.88 Å². The smallest absolute Gasteiger partial charge is 0.309 e. The maximum Gasteiger partial charge on any atom is 0.309 e. The van der Waals surface area contributed by atoms with Crippen molar-refractivity contribution in [3.8, 4) is 16.2 Å². The molecule has 0 aliphatic rings. The van der Waals surface area contributed by atoms with Gasteiger partial charge in [-0.25, -0.2) is 0 Å². The van der Waals surface area contributed by atoms with E-state index in [0.29, 0.717) is 19.6 Å². The number of hydrogen-bond acceptors (Lipinski definition) is 4. The zero-order chi connectivity index (χ0) is 23.1. The van der Waals surface area contributed by atoms with E-state index < -0.39 is 18.0 Å². The van der Waals surface area contributed by atoms with Crippen LogP contribution < -0.4 is 4.74 Å². The lowest BCUT2D eigenvalue weighted by molar-refractivity contribution is -0.147. The first-order valence-electron chi connectivity index (χ1n) is 10.8. The van der Waals surface area contributed by atoms with Gasteiger partial charge in [0.05, 0.1) is 12.5 Å². The molecule has 0 fully saturated rings. The van der Waals surface area contributed by atoms with Crippen molar-refractivity contribution in [2.45, 2.75) is 39.9 Å². The number of benzene rings is 2. The molecule has 1 N–H and O–H groups in total. The number of rotatable bonds is 11. The number of carboxylic acids is 1. The first-order chi connectivity index (χ1) is 15.4. The van der Waals surface area contributed by atoms with Gasteiger partial charge in [-0.1, -0.05) is 49.4 Å². The zero-order valence-electron chi connectivity index (χ0n) is 18.8. The first kappa shape index (κ1) is 23.8. The Balaban J connectivity index is 1.75. The van der Waals surface area contributed by atoms with Gasteiger partial charge in [-0.05, 0) is 66.3 Å². The Labute approximate surface area is 194 Å². The molecule has 2 unspecified atom stereocenters. The highest BCUT2D eigenvalue weighted by molar-refractivity contribution is 7.13. The van der Waals surface area contributed by atoms with E-state index in [1.165, 1.54) is 33.6 Å². The fraction of sp³-hybridized carbons (Fsp3) is 0.296. The monoisotopic (exact) mass is 450 g/mol. The highest BCUT2D eigenvalue weighted by atomic mass is 32.1. The second-order valence-corrected chi connectivity index (χ2v) is 8.89. The number of thiophene rings is 1. The molecule has 1 aromatic heterocycles. The van der Waals surface area contributed by atoms with E-state index in [0.717, 1.165) is 15.5 Å². The predicted molar refractivity (Wildman–Crippen MR) is 130 cm³/mol. The van der Waals surface area contributed by atoms with Crippen LogP contribution in [0.25, 0.3) is 11.1 Å². The molecular formula is C27H30O4S. The molecule has 0 bridgehead atoms. The molecule has 0 radical (unpaired) electrons. The molecule has 2 aromatic carbocycles. The Hall–Kier alpha value is -2.89. The predicted octanol–water partition coefficient (Wildman–Crippen LogP) is 6.97. The molecule has 3 aromatic rings. The number of carboxylic acid groups (broad SMARTS) is 1. The molecule has 0 spiro atoms. The van der Waals surface area contributed by atoms with Crippen LogP contribution in [0.2, 0.25) is 0 Å². The summed E-state index contributed by atoms with van der Waals surface area (Å²) in [6, 6.07) is 18.5. The Morgan fingerprint density at radius 1 is 1.12 bits per heavy atom. The molecule has 0 aliphatic carbocycles. The van der Waals surface area contributed by atoms with Gasteiger partial charge >= 0.3 is 5.97 Å². The number of carbonyl (C=O) groups is 1. The minimum absolute atomic E-state index is 0.299. The maximum absolute atomic E-state index is 11.7. The largest absolute Gasteiger partial charge is 0.481 e. The Kier molecular flexibility index (Phi) is 8.26. The average molecular weight is 451 g/mol. The molecular weight excluding hydrogens is 420 g/mol. The molecule has 0 amide bonds. The molecule has 0 aliphatic heterocycles. The van der Waals surface area contributed by atoms with Crippen molar-refractivity contribution in [2.75, 3.05) is 6.61 Å². The molecule has 4 nitrogen and oxygen atoms in total. The van der Waals surface area contributed by atoms with E-state index >= 15 is 0 Å². The van der Waals surface area contributed by atoms with Crippen LogP contribution in [0.3, 0.4) is 0 Å². The van der Waals surface area contributed by atoms with E-state index in [9.17, 15) is 9.90 Å². The van der Waals surface area contributed by atoms with E-state index in [1.807, 2.05) is 19.1 Å². The Bertz CT molecular complexity index is 1050. The number of aryl methyl sites for hydroxylation is 2. The molecule has 3 rings (SSSR count). The Morgan fingerprint density at radius 2 is 1.84 bits per heavy atom. The van der Waals surface area contributed by atoms with Crippen LogP contribution in [0.4, 0.5) is 0 Å². The lowest BCUT2D eigenvalue weighted by Crippen LogP contribution is -2.23. The standard InChI is InChI=1S/C27H30O4S/c1-5-15-30-26(22(6-2)27(28)29)23-13-14-24(32-23)31-17-20-11-8-12-21(16-20)25-18(3)9-7-10-19(25)4/h5,7-14,16,22,26H,1,6,15,17H2,2-4H3,(H,28,29). The zero-order valence-corrected chi connectivity index (χ0v) is 19.7. The van der Waals surface area contributed by atoms with Gasteiger partial charge in [0.2, 0.25) is 0 Å². The highest BCUT2D eigenvalue weighted by Crippen LogP contribution is 2.37. The van der Waals surface area contributed by atoms with Gasteiger partial charge in [0.1, 0.15) is 12.7 Å². The SMILES string of the molecule is C=CCOC(c1ccc(OCc2cccc(-c3c(C)cccc3C)c2)s1)C(CC)C(=O)O. The fourth-order valence-electron chi connectivity index (χ4n) is 3.89. The second kappa shape index (κ2) is 11.1. The average Bonchev–Trinajstić information content (AvgIpc) is 3.24.